The zero-order chi connectivity index (χ0) is 12.7. The molecule has 1 rings (SSSR count). The number of nitrogens with zero attached hydrogens (tertiary/aromatic N) is 2. The van der Waals surface area contributed by atoms with Gasteiger partial charge in [0.25, 0.3) is 5.91 Å². The second-order valence-corrected chi connectivity index (χ2v) is 2.99. The number of H-pyrrole nitrogens is 1. The SMILES string of the molecule is O=C(NCCOCCO)c1cc([N+](=O)[O-])[nH]n1. The number of rotatable bonds is 7. The van der Waals surface area contributed by atoms with E-state index in [0.717, 1.165) is 6.07 Å². The van der Waals surface area contributed by atoms with Crippen molar-refractivity contribution in [2.75, 3.05) is 26.4 Å². The molecule has 1 aromatic rings. The van der Waals surface area contributed by atoms with E-state index in [4.69, 9.17) is 9.84 Å². The monoisotopic (exact) mass is 244 g/mol. The lowest BCUT2D eigenvalue weighted by Crippen LogP contribution is -2.27. The van der Waals surface area contributed by atoms with Gasteiger partial charge in [0, 0.05) is 6.54 Å². The molecule has 0 unspecified atom stereocenters. The van der Waals surface area contributed by atoms with Gasteiger partial charge in [-0.05, 0) is 4.92 Å². The van der Waals surface area contributed by atoms with Crippen molar-refractivity contribution >= 4 is 11.7 Å². The van der Waals surface area contributed by atoms with Gasteiger partial charge in [-0.25, -0.2) is 0 Å². The summed E-state index contributed by atoms with van der Waals surface area (Å²) in [7, 11) is 0. The molecule has 1 aromatic heterocycles. The van der Waals surface area contributed by atoms with Gasteiger partial charge < -0.3 is 25.3 Å². The summed E-state index contributed by atoms with van der Waals surface area (Å²) in [6.45, 7) is 0.599. The Labute approximate surface area is 95.9 Å². The van der Waals surface area contributed by atoms with Crippen LogP contribution in [0.2, 0.25) is 0 Å². The molecule has 0 bridgehead atoms. The minimum atomic E-state index is -0.672. The molecule has 0 aliphatic carbocycles. The lowest BCUT2D eigenvalue weighted by molar-refractivity contribution is -0.389. The number of hydrogen-bond donors (Lipinski definition) is 3. The van der Waals surface area contributed by atoms with E-state index in [1.54, 1.807) is 0 Å². The maximum absolute atomic E-state index is 11.4. The van der Waals surface area contributed by atoms with E-state index in [-0.39, 0.29) is 37.9 Å². The van der Waals surface area contributed by atoms with E-state index in [1.165, 1.54) is 0 Å². The number of carbonyl (C=O) groups is 1. The fourth-order valence-corrected chi connectivity index (χ4v) is 1.02. The number of ether oxygens (including phenoxy) is 1. The van der Waals surface area contributed by atoms with Crippen LogP contribution in [0.15, 0.2) is 6.07 Å². The van der Waals surface area contributed by atoms with Crippen LogP contribution in [0.4, 0.5) is 5.82 Å². The highest BCUT2D eigenvalue weighted by molar-refractivity contribution is 5.92. The number of amides is 1. The van der Waals surface area contributed by atoms with Crippen LogP contribution in [-0.4, -0.2) is 52.5 Å². The largest absolute Gasteiger partial charge is 0.394 e. The Morgan fingerprint density at radius 2 is 2.41 bits per heavy atom. The van der Waals surface area contributed by atoms with Crippen molar-refractivity contribution in [3.8, 4) is 0 Å². The molecule has 9 nitrogen and oxygen atoms in total. The zero-order valence-electron chi connectivity index (χ0n) is 8.88. The van der Waals surface area contributed by atoms with Crippen LogP contribution in [0.3, 0.4) is 0 Å². The van der Waals surface area contributed by atoms with Crippen molar-refractivity contribution in [1.29, 1.82) is 0 Å². The third-order valence-electron chi connectivity index (χ3n) is 1.76. The predicted molar refractivity (Wildman–Crippen MR) is 55.5 cm³/mol. The molecule has 0 radical (unpaired) electrons. The van der Waals surface area contributed by atoms with Crippen molar-refractivity contribution in [3.05, 3.63) is 21.9 Å². The van der Waals surface area contributed by atoms with Gasteiger partial charge in [-0.3, -0.25) is 4.79 Å². The van der Waals surface area contributed by atoms with Gasteiger partial charge in [0.1, 0.15) is 0 Å². The molecule has 1 heterocycles. The summed E-state index contributed by atoms with van der Waals surface area (Å²) < 4.78 is 4.91. The number of aromatic amines is 1. The smallest absolute Gasteiger partial charge is 0.343 e. The molecule has 0 aliphatic rings. The Kier molecular flexibility index (Phi) is 5.04. The summed E-state index contributed by atoms with van der Waals surface area (Å²) in [6, 6.07) is 1.05. The normalized spacial score (nSPS) is 10.2. The van der Waals surface area contributed by atoms with Crippen LogP contribution in [0.25, 0.3) is 0 Å². The van der Waals surface area contributed by atoms with Crippen molar-refractivity contribution in [2.45, 2.75) is 0 Å². The molecule has 0 atom stereocenters. The van der Waals surface area contributed by atoms with Gasteiger partial charge in [0.2, 0.25) is 0 Å². The van der Waals surface area contributed by atoms with Crippen LogP contribution >= 0.6 is 0 Å². The first-order chi connectivity index (χ1) is 8.15. The molecule has 0 fully saturated rings. The molecule has 0 saturated carbocycles. The summed E-state index contributed by atoms with van der Waals surface area (Å²) >= 11 is 0. The molecule has 0 aliphatic heterocycles. The van der Waals surface area contributed by atoms with E-state index in [9.17, 15) is 14.9 Å². The molecule has 17 heavy (non-hydrogen) atoms. The van der Waals surface area contributed by atoms with Crippen LogP contribution in [0, 0.1) is 10.1 Å². The van der Waals surface area contributed by atoms with Crippen molar-refractivity contribution in [2.24, 2.45) is 0 Å². The van der Waals surface area contributed by atoms with Crippen LogP contribution in [-0.2, 0) is 4.74 Å². The molecule has 0 aromatic carbocycles. The van der Waals surface area contributed by atoms with Crippen molar-refractivity contribution < 1.29 is 19.6 Å². The topological polar surface area (TPSA) is 130 Å². The Morgan fingerprint density at radius 1 is 1.65 bits per heavy atom. The molecule has 0 saturated heterocycles. The lowest BCUT2D eigenvalue weighted by Gasteiger charge is -2.02. The Bertz CT molecular complexity index is 391. The molecule has 3 N–H and O–H groups in total. The summed E-state index contributed by atoms with van der Waals surface area (Å²) in [5.74, 6) is -0.867. The molecule has 0 spiro atoms. The van der Waals surface area contributed by atoms with Gasteiger partial charge >= 0.3 is 5.82 Å². The Hall–Kier alpha value is -2.00. The minimum absolute atomic E-state index is 0.0566. The van der Waals surface area contributed by atoms with E-state index in [1.807, 2.05) is 0 Å². The number of nitro groups is 1. The van der Waals surface area contributed by atoms with Crippen LogP contribution < -0.4 is 5.32 Å². The highest BCUT2D eigenvalue weighted by Gasteiger charge is 2.15. The number of aromatic nitrogens is 2. The highest BCUT2D eigenvalue weighted by Crippen LogP contribution is 2.07. The van der Waals surface area contributed by atoms with Gasteiger partial charge in [-0.1, -0.05) is 5.10 Å². The highest BCUT2D eigenvalue weighted by atomic mass is 16.6. The van der Waals surface area contributed by atoms with E-state index in [2.05, 4.69) is 15.5 Å². The van der Waals surface area contributed by atoms with E-state index < -0.39 is 10.8 Å². The maximum Gasteiger partial charge on any atom is 0.343 e. The summed E-state index contributed by atoms with van der Waals surface area (Å²) in [5.41, 5.74) is -0.0566. The quantitative estimate of drug-likeness (QED) is 0.322. The van der Waals surface area contributed by atoms with Gasteiger partial charge in [-0.15, -0.1) is 5.10 Å². The third-order valence-corrected chi connectivity index (χ3v) is 1.76. The number of carbonyl (C=O) groups excluding carboxylic acids is 1. The van der Waals surface area contributed by atoms with Crippen molar-refractivity contribution in [1.82, 2.24) is 15.5 Å². The van der Waals surface area contributed by atoms with Gasteiger partial charge in [0.15, 0.2) is 5.69 Å². The molecule has 9 heteroatoms. The number of nitrogens with one attached hydrogen (secondary N) is 2. The first-order valence-electron chi connectivity index (χ1n) is 4.81. The maximum atomic E-state index is 11.4. The number of aliphatic hydroxyl groups is 1. The predicted octanol–water partition coefficient (Wildman–Crippen LogP) is -0.943. The molecular formula is C8H12N4O5. The van der Waals surface area contributed by atoms with Gasteiger partial charge in [-0.2, -0.15) is 0 Å². The summed E-state index contributed by atoms with van der Waals surface area (Å²) in [5, 5.41) is 26.8. The lowest BCUT2D eigenvalue weighted by atomic mass is 10.4. The first kappa shape index (κ1) is 13.1. The van der Waals surface area contributed by atoms with E-state index in [0.29, 0.717) is 0 Å². The molecule has 94 valence electrons. The third kappa shape index (κ3) is 4.17. The average molecular weight is 244 g/mol. The number of aliphatic hydroxyl groups excluding tert-OH is 1. The summed E-state index contributed by atoms with van der Waals surface area (Å²) in [6.07, 6.45) is 0. The second kappa shape index (κ2) is 6.55. The number of hydrogen-bond acceptors (Lipinski definition) is 6. The fraction of sp³-hybridized carbons (Fsp3) is 0.500. The van der Waals surface area contributed by atoms with Crippen molar-refractivity contribution in [3.63, 3.8) is 0 Å². The molecule has 1 amide bonds. The second-order valence-electron chi connectivity index (χ2n) is 2.99. The standard InChI is InChI=1S/C8H12N4O5/c13-2-4-17-3-1-9-8(14)6-5-7(11-10-6)12(15)16/h5,13H,1-4H2,(H,9,14)(H,10,11). The van der Waals surface area contributed by atoms with Crippen LogP contribution in [0.1, 0.15) is 10.5 Å². The Balaban J connectivity index is 2.34. The molecular weight excluding hydrogens is 232 g/mol. The fourth-order valence-electron chi connectivity index (χ4n) is 1.02. The van der Waals surface area contributed by atoms with Gasteiger partial charge in [0.05, 0.1) is 25.9 Å². The minimum Gasteiger partial charge on any atom is -0.394 e. The average Bonchev–Trinajstić information content (AvgIpc) is 2.78. The summed E-state index contributed by atoms with van der Waals surface area (Å²) in [4.78, 5) is 21.0. The van der Waals surface area contributed by atoms with E-state index >= 15 is 0 Å². The first-order valence-corrected chi connectivity index (χ1v) is 4.81. The van der Waals surface area contributed by atoms with Crippen LogP contribution in [0.5, 0.6) is 0 Å². The Morgan fingerprint density at radius 3 is 3.00 bits per heavy atom. The zero-order valence-corrected chi connectivity index (χ0v) is 8.88.